The van der Waals surface area contributed by atoms with Crippen molar-refractivity contribution in [3.8, 4) is 84.3 Å². The van der Waals surface area contributed by atoms with Gasteiger partial charge in [-0.3, -0.25) is 0 Å². The zero-order valence-corrected chi connectivity index (χ0v) is 43.7. The Morgan fingerprint density at radius 1 is 0.389 bits per heavy atom. The summed E-state index contributed by atoms with van der Waals surface area (Å²) < 4.78 is 0. The van der Waals surface area contributed by atoms with Crippen LogP contribution in [-0.2, 0) is 45.8 Å². The van der Waals surface area contributed by atoms with Crippen LogP contribution >= 0.6 is 0 Å². The quantitative estimate of drug-likeness (QED) is 0.108. The Kier molecular flexibility index (Phi) is 15.0. The number of rotatable bonds is 13. The normalized spacial score (nSPS) is 10.9. The predicted molar refractivity (Wildman–Crippen MR) is 290 cm³/mol. The number of hydrogen-bond acceptors (Lipinski definition) is 4. The number of benzene rings is 7. The van der Waals surface area contributed by atoms with Crippen LogP contribution < -0.4 is 0 Å². The molecule has 0 unspecified atom stereocenters. The Balaban J connectivity index is 0.00000640. The molecule has 7 aromatic carbocycles. The van der Waals surface area contributed by atoms with E-state index in [1.54, 1.807) is 0 Å². The van der Waals surface area contributed by atoms with Gasteiger partial charge in [0.15, 0.2) is 0 Å². The van der Waals surface area contributed by atoms with Gasteiger partial charge in [0, 0.05) is 18.6 Å². The van der Waals surface area contributed by atoms with Crippen LogP contribution in [0.2, 0.25) is 0 Å². The van der Waals surface area contributed by atoms with E-state index in [0.717, 1.165) is 104 Å². The fourth-order valence-corrected chi connectivity index (χ4v) is 9.15. The average Bonchev–Trinajstić information content (AvgIpc) is 3.41. The molecule has 10 aromatic rings. The third-order valence-corrected chi connectivity index (χ3v) is 13.7. The standard InChI is InChI=1S/C67H53N4.Ir/c1-44-10-33-65(69-41-44)59-31-32-63(64(39-59)56-29-27-55(28-30-56)54-21-19-51(40-68)20-22-54)62-9-7-6-8-61(62)60-37-52(13-11-49-15-23-57(24-16-49)66-34-45(2)47(4)42-70-66)36-53(38-60)14-12-50-17-25-58(26-18-50)67-35-46(3)48(5)43-71-67;/h6-10,15-23,25,27-30,32-39,41-43H,11-14H2,1-5H3;/q-3;+3. The summed E-state index contributed by atoms with van der Waals surface area (Å²) in [6, 6.07) is 71.2. The molecule has 10 rings (SSSR count). The summed E-state index contributed by atoms with van der Waals surface area (Å²) >= 11 is 0. The third kappa shape index (κ3) is 11.2. The summed E-state index contributed by atoms with van der Waals surface area (Å²) in [4.78, 5) is 14.2. The monoisotopic (exact) mass is 1110 g/mol. The zero-order valence-electron chi connectivity index (χ0n) is 41.3. The maximum atomic E-state index is 9.39. The minimum Gasteiger partial charge on any atom is -0.304 e. The van der Waals surface area contributed by atoms with Crippen LogP contribution in [0.1, 0.15) is 55.6 Å². The van der Waals surface area contributed by atoms with Gasteiger partial charge in [0.2, 0.25) is 0 Å². The molecular formula is C67H53IrN4. The molecule has 0 fully saturated rings. The zero-order chi connectivity index (χ0) is 48.8. The first-order chi connectivity index (χ1) is 34.6. The molecule has 0 aliphatic rings. The Morgan fingerprint density at radius 3 is 1.42 bits per heavy atom. The Morgan fingerprint density at radius 2 is 0.903 bits per heavy atom. The molecule has 0 saturated heterocycles. The van der Waals surface area contributed by atoms with E-state index in [0.29, 0.717) is 5.56 Å². The van der Waals surface area contributed by atoms with Gasteiger partial charge in [-0.1, -0.05) is 144 Å². The summed E-state index contributed by atoms with van der Waals surface area (Å²) in [5.74, 6) is 0. The molecule has 0 amide bonds. The second-order valence-corrected chi connectivity index (χ2v) is 18.8. The average molecular weight is 1110 g/mol. The molecule has 72 heavy (non-hydrogen) atoms. The van der Waals surface area contributed by atoms with Gasteiger partial charge in [-0.2, -0.15) is 5.26 Å². The number of nitriles is 1. The SMILES string of the molecule is Cc1ccc(-c2[c-]cc(-c3ccccc3-c3cc(CCc4c[c-]c(-c5cc(C)c(C)cn5)cc4)cc(CCc4c[c-]c(-c5cc(C)c(C)cn5)cc4)c3)c(-c3ccc(-c4ccc(C#N)cc4)cc3)c2)nc1.[Ir+3]. The fourth-order valence-electron chi connectivity index (χ4n) is 9.15. The van der Waals surface area contributed by atoms with Crippen LogP contribution in [0.25, 0.3) is 78.3 Å². The van der Waals surface area contributed by atoms with Crippen molar-refractivity contribution in [2.45, 2.75) is 60.3 Å². The molecule has 4 nitrogen and oxygen atoms in total. The minimum atomic E-state index is 0. The van der Waals surface area contributed by atoms with E-state index in [9.17, 15) is 5.26 Å². The first-order valence-corrected chi connectivity index (χ1v) is 24.3. The van der Waals surface area contributed by atoms with Gasteiger partial charge in [-0.15, -0.1) is 94.5 Å². The number of nitrogens with zero attached hydrogens (tertiary/aromatic N) is 4. The van der Waals surface area contributed by atoms with E-state index in [4.69, 9.17) is 4.98 Å². The largest absolute Gasteiger partial charge is 3.00 e. The molecule has 0 aliphatic heterocycles. The maximum absolute atomic E-state index is 9.39. The van der Waals surface area contributed by atoms with Crippen molar-refractivity contribution in [2.24, 2.45) is 0 Å². The third-order valence-electron chi connectivity index (χ3n) is 13.7. The number of pyridine rings is 3. The minimum absolute atomic E-state index is 0. The molecule has 350 valence electrons. The fraction of sp³-hybridized carbons (Fsp3) is 0.134. The van der Waals surface area contributed by atoms with Crippen molar-refractivity contribution in [3.05, 3.63) is 256 Å². The van der Waals surface area contributed by atoms with Gasteiger partial charge < -0.3 is 15.0 Å². The van der Waals surface area contributed by atoms with Gasteiger partial charge in [-0.25, -0.2) is 0 Å². The van der Waals surface area contributed by atoms with Crippen molar-refractivity contribution in [1.29, 1.82) is 5.26 Å². The molecule has 0 aliphatic carbocycles. The molecule has 3 aromatic heterocycles. The van der Waals surface area contributed by atoms with Crippen molar-refractivity contribution in [2.75, 3.05) is 0 Å². The Hall–Kier alpha value is -7.87. The second kappa shape index (κ2) is 22.0. The van der Waals surface area contributed by atoms with Crippen LogP contribution in [0.4, 0.5) is 0 Å². The smallest absolute Gasteiger partial charge is 0.304 e. The summed E-state index contributed by atoms with van der Waals surface area (Å²) in [5, 5.41) is 9.39. The number of aromatic nitrogens is 3. The number of hydrogen-bond donors (Lipinski definition) is 0. The van der Waals surface area contributed by atoms with Crippen molar-refractivity contribution in [3.63, 3.8) is 0 Å². The van der Waals surface area contributed by atoms with E-state index in [1.807, 2.05) is 42.9 Å². The van der Waals surface area contributed by atoms with Crippen LogP contribution in [0.3, 0.4) is 0 Å². The van der Waals surface area contributed by atoms with E-state index >= 15 is 0 Å². The van der Waals surface area contributed by atoms with Crippen LogP contribution in [0, 0.1) is 64.1 Å². The van der Waals surface area contributed by atoms with Crippen molar-refractivity contribution in [1.82, 2.24) is 15.0 Å². The Bertz CT molecular complexity index is 3430. The van der Waals surface area contributed by atoms with Crippen molar-refractivity contribution >= 4 is 0 Å². The summed E-state index contributed by atoms with van der Waals surface area (Å²) in [7, 11) is 0. The van der Waals surface area contributed by atoms with Crippen LogP contribution in [-0.4, -0.2) is 15.0 Å². The van der Waals surface area contributed by atoms with E-state index < -0.39 is 0 Å². The molecule has 0 atom stereocenters. The first-order valence-electron chi connectivity index (χ1n) is 24.3. The second-order valence-electron chi connectivity index (χ2n) is 18.8. The van der Waals surface area contributed by atoms with Gasteiger partial charge in [-0.05, 0) is 132 Å². The predicted octanol–water partition coefficient (Wildman–Crippen LogP) is 15.9. The number of aryl methyl sites for hydroxylation is 9. The molecule has 5 heteroatoms. The molecule has 0 radical (unpaired) electrons. The molecule has 0 bridgehead atoms. The molecule has 0 saturated carbocycles. The first kappa shape index (κ1) is 49.1. The Labute approximate surface area is 438 Å². The van der Waals surface area contributed by atoms with E-state index in [1.165, 1.54) is 50.1 Å². The maximum Gasteiger partial charge on any atom is 3.00 e. The van der Waals surface area contributed by atoms with Gasteiger partial charge in [0.1, 0.15) is 0 Å². The summed E-state index contributed by atoms with van der Waals surface area (Å²) in [5.41, 5.74) is 26.3. The van der Waals surface area contributed by atoms with E-state index in [2.05, 4.69) is 208 Å². The summed E-state index contributed by atoms with van der Waals surface area (Å²) in [6.45, 7) is 10.5. The molecule has 0 N–H and O–H groups in total. The van der Waals surface area contributed by atoms with E-state index in [-0.39, 0.29) is 20.1 Å². The van der Waals surface area contributed by atoms with Gasteiger partial charge in [0.05, 0.1) is 11.6 Å². The van der Waals surface area contributed by atoms with Crippen LogP contribution in [0.5, 0.6) is 0 Å². The molecule has 0 spiro atoms. The summed E-state index contributed by atoms with van der Waals surface area (Å²) in [6.07, 6.45) is 9.34. The van der Waals surface area contributed by atoms with Gasteiger partial charge >= 0.3 is 20.1 Å². The van der Waals surface area contributed by atoms with Crippen molar-refractivity contribution < 1.29 is 20.1 Å². The molecular weight excluding hydrogens is 1050 g/mol. The van der Waals surface area contributed by atoms with Crippen LogP contribution in [0.15, 0.2) is 182 Å². The van der Waals surface area contributed by atoms with Gasteiger partial charge in [0.25, 0.3) is 0 Å². The topological polar surface area (TPSA) is 62.5 Å². The molecule has 3 heterocycles.